The number of halogens is 2. The van der Waals surface area contributed by atoms with Crippen molar-refractivity contribution in [1.82, 2.24) is 0 Å². The summed E-state index contributed by atoms with van der Waals surface area (Å²) in [6.45, 7) is 0. The Morgan fingerprint density at radius 1 is 1.19 bits per heavy atom. The molecule has 1 saturated carbocycles. The minimum Gasteiger partial charge on any atom is -0.324 e. The fourth-order valence-corrected chi connectivity index (χ4v) is 3.23. The SMILES string of the molecule is NC1CCC2(CCC2)c2cc(F)cc(F)c21. The first-order chi connectivity index (χ1) is 7.62. The Kier molecular flexibility index (Phi) is 2.08. The number of nitrogens with two attached hydrogens (primary N) is 1. The van der Waals surface area contributed by atoms with Crippen molar-refractivity contribution >= 4 is 0 Å². The number of hydrogen-bond acceptors (Lipinski definition) is 1. The molecule has 0 heterocycles. The summed E-state index contributed by atoms with van der Waals surface area (Å²) in [5.74, 6) is -0.940. The molecule has 86 valence electrons. The van der Waals surface area contributed by atoms with Gasteiger partial charge in [0.1, 0.15) is 11.6 Å². The number of rotatable bonds is 0. The van der Waals surface area contributed by atoms with Crippen molar-refractivity contribution in [2.45, 2.75) is 43.6 Å². The first kappa shape index (κ1) is 10.2. The maximum Gasteiger partial charge on any atom is 0.131 e. The van der Waals surface area contributed by atoms with Crippen LogP contribution < -0.4 is 5.73 Å². The van der Waals surface area contributed by atoms with Gasteiger partial charge >= 0.3 is 0 Å². The van der Waals surface area contributed by atoms with Crippen LogP contribution in [0.2, 0.25) is 0 Å². The highest BCUT2D eigenvalue weighted by Crippen LogP contribution is 2.53. The third-order valence-electron chi connectivity index (χ3n) is 4.28. The van der Waals surface area contributed by atoms with E-state index in [1.54, 1.807) is 0 Å². The summed E-state index contributed by atoms with van der Waals surface area (Å²) in [4.78, 5) is 0. The number of hydrogen-bond donors (Lipinski definition) is 1. The second kappa shape index (κ2) is 3.27. The van der Waals surface area contributed by atoms with E-state index < -0.39 is 11.6 Å². The molecule has 1 atom stereocenters. The first-order valence-electron chi connectivity index (χ1n) is 5.87. The lowest BCUT2D eigenvalue weighted by Crippen LogP contribution is -2.40. The number of benzene rings is 1. The first-order valence-corrected chi connectivity index (χ1v) is 5.87. The monoisotopic (exact) mass is 223 g/mol. The molecular formula is C13H15F2N. The van der Waals surface area contributed by atoms with E-state index in [4.69, 9.17) is 5.73 Å². The van der Waals surface area contributed by atoms with Gasteiger partial charge < -0.3 is 5.73 Å². The van der Waals surface area contributed by atoms with Crippen LogP contribution in [0.1, 0.15) is 49.3 Å². The third-order valence-corrected chi connectivity index (χ3v) is 4.28. The summed E-state index contributed by atoms with van der Waals surface area (Å²) < 4.78 is 27.1. The normalized spacial score (nSPS) is 26.3. The van der Waals surface area contributed by atoms with Gasteiger partial charge in [0, 0.05) is 17.7 Å². The fraction of sp³-hybridized carbons (Fsp3) is 0.538. The van der Waals surface area contributed by atoms with Crippen molar-refractivity contribution in [3.05, 3.63) is 34.9 Å². The fourth-order valence-electron chi connectivity index (χ4n) is 3.23. The van der Waals surface area contributed by atoms with Crippen molar-refractivity contribution in [1.29, 1.82) is 0 Å². The van der Waals surface area contributed by atoms with Crippen LogP contribution in [0.3, 0.4) is 0 Å². The third kappa shape index (κ3) is 1.24. The molecule has 2 N–H and O–H groups in total. The van der Waals surface area contributed by atoms with Crippen LogP contribution in [-0.4, -0.2) is 0 Å². The molecule has 2 aliphatic carbocycles. The Morgan fingerprint density at radius 3 is 2.56 bits per heavy atom. The summed E-state index contributed by atoms with van der Waals surface area (Å²) >= 11 is 0. The Morgan fingerprint density at radius 2 is 1.94 bits per heavy atom. The average Bonchev–Trinajstić information content (AvgIpc) is 2.14. The predicted molar refractivity (Wildman–Crippen MR) is 58.0 cm³/mol. The molecule has 1 aromatic rings. The predicted octanol–water partition coefficient (Wildman–Crippen LogP) is 3.18. The van der Waals surface area contributed by atoms with Crippen LogP contribution >= 0.6 is 0 Å². The number of fused-ring (bicyclic) bond motifs is 2. The van der Waals surface area contributed by atoms with Gasteiger partial charge in [0.2, 0.25) is 0 Å². The quantitative estimate of drug-likeness (QED) is 0.718. The van der Waals surface area contributed by atoms with Crippen molar-refractivity contribution in [2.75, 3.05) is 0 Å². The van der Waals surface area contributed by atoms with Crippen LogP contribution in [0, 0.1) is 11.6 Å². The zero-order chi connectivity index (χ0) is 11.3. The summed E-state index contributed by atoms with van der Waals surface area (Å²) in [5, 5.41) is 0. The zero-order valence-corrected chi connectivity index (χ0v) is 9.10. The molecule has 1 unspecified atom stereocenters. The maximum atomic E-state index is 13.8. The van der Waals surface area contributed by atoms with E-state index in [2.05, 4.69) is 0 Å². The molecule has 0 radical (unpaired) electrons. The van der Waals surface area contributed by atoms with E-state index >= 15 is 0 Å². The highest BCUT2D eigenvalue weighted by Gasteiger charge is 2.44. The van der Waals surface area contributed by atoms with E-state index in [9.17, 15) is 8.78 Å². The van der Waals surface area contributed by atoms with E-state index in [-0.39, 0.29) is 11.5 Å². The highest BCUT2D eigenvalue weighted by atomic mass is 19.1. The van der Waals surface area contributed by atoms with Crippen LogP contribution in [0.5, 0.6) is 0 Å². The standard InChI is InChI=1S/C13H15F2N/c14-8-6-9-12(10(15)7-8)11(16)2-5-13(9)3-1-4-13/h6-7,11H,1-5,16H2. The molecule has 0 saturated heterocycles. The summed E-state index contributed by atoms with van der Waals surface area (Å²) in [7, 11) is 0. The van der Waals surface area contributed by atoms with E-state index in [0.717, 1.165) is 43.7 Å². The lowest BCUT2D eigenvalue weighted by Gasteiger charge is -2.47. The lowest BCUT2D eigenvalue weighted by molar-refractivity contribution is 0.196. The Hall–Kier alpha value is -0.960. The van der Waals surface area contributed by atoms with Gasteiger partial charge in [-0.25, -0.2) is 8.78 Å². The van der Waals surface area contributed by atoms with Crippen LogP contribution in [0.4, 0.5) is 8.78 Å². The molecule has 16 heavy (non-hydrogen) atoms. The van der Waals surface area contributed by atoms with Gasteiger partial charge in [-0.15, -0.1) is 0 Å². The highest BCUT2D eigenvalue weighted by molar-refractivity contribution is 5.41. The largest absolute Gasteiger partial charge is 0.324 e. The smallest absolute Gasteiger partial charge is 0.131 e. The maximum absolute atomic E-state index is 13.8. The minimum atomic E-state index is -0.475. The molecule has 0 aromatic heterocycles. The zero-order valence-electron chi connectivity index (χ0n) is 9.10. The van der Waals surface area contributed by atoms with Crippen LogP contribution in [0.15, 0.2) is 12.1 Å². The Bertz CT molecular complexity index is 438. The van der Waals surface area contributed by atoms with Gasteiger partial charge in [-0.2, -0.15) is 0 Å². The average molecular weight is 223 g/mol. The molecule has 2 aliphatic rings. The molecule has 1 nitrogen and oxygen atoms in total. The molecule has 1 spiro atoms. The molecule has 3 heteroatoms. The summed E-state index contributed by atoms with van der Waals surface area (Å²) in [6.07, 6.45) is 5.05. The van der Waals surface area contributed by atoms with Gasteiger partial charge in [-0.05, 0) is 42.7 Å². The summed E-state index contributed by atoms with van der Waals surface area (Å²) in [6, 6.07) is 2.19. The van der Waals surface area contributed by atoms with Crippen LogP contribution in [0.25, 0.3) is 0 Å². The van der Waals surface area contributed by atoms with Crippen molar-refractivity contribution in [3.8, 4) is 0 Å². The van der Waals surface area contributed by atoms with Crippen molar-refractivity contribution in [3.63, 3.8) is 0 Å². The molecule has 0 aliphatic heterocycles. The summed E-state index contributed by atoms with van der Waals surface area (Å²) in [5.41, 5.74) is 7.38. The molecule has 3 rings (SSSR count). The molecule has 0 bridgehead atoms. The minimum absolute atomic E-state index is 0.0359. The van der Waals surface area contributed by atoms with Gasteiger partial charge in [-0.1, -0.05) is 6.42 Å². The molecule has 1 aromatic carbocycles. The van der Waals surface area contributed by atoms with E-state index in [0.29, 0.717) is 5.56 Å². The Labute approximate surface area is 93.6 Å². The topological polar surface area (TPSA) is 26.0 Å². The van der Waals surface area contributed by atoms with Gasteiger partial charge in [0.05, 0.1) is 0 Å². The van der Waals surface area contributed by atoms with Crippen LogP contribution in [-0.2, 0) is 5.41 Å². The van der Waals surface area contributed by atoms with Gasteiger partial charge in [-0.3, -0.25) is 0 Å². The lowest BCUT2D eigenvalue weighted by atomic mass is 9.57. The second-order valence-electron chi connectivity index (χ2n) is 5.13. The second-order valence-corrected chi connectivity index (χ2v) is 5.13. The Balaban J connectivity index is 2.20. The van der Waals surface area contributed by atoms with Crippen molar-refractivity contribution < 1.29 is 8.78 Å². The van der Waals surface area contributed by atoms with E-state index in [1.807, 2.05) is 0 Å². The molecule has 1 fully saturated rings. The molecular weight excluding hydrogens is 208 g/mol. The van der Waals surface area contributed by atoms with Crippen molar-refractivity contribution in [2.24, 2.45) is 5.73 Å². The van der Waals surface area contributed by atoms with Gasteiger partial charge in [0.25, 0.3) is 0 Å². The van der Waals surface area contributed by atoms with Gasteiger partial charge in [0.15, 0.2) is 0 Å². The molecule has 0 amide bonds. The van der Waals surface area contributed by atoms with E-state index in [1.165, 1.54) is 6.07 Å².